The van der Waals surface area contributed by atoms with Crippen molar-refractivity contribution in [3.05, 3.63) is 91.3 Å². The van der Waals surface area contributed by atoms with Crippen LogP contribution in [0, 0.1) is 11.3 Å². The van der Waals surface area contributed by atoms with Crippen molar-refractivity contribution in [2.24, 2.45) is 0 Å². The maximum Gasteiger partial charge on any atom is 0.160 e. The number of nitrogens with zero attached hydrogens (tertiary/aromatic N) is 1. The molecule has 6 aromatic rings. The van der Waals surface area contributed by atoms with E-state index < -0.39 is 7.15 Å². The molecule has 0 spiro atoms. The Morgan fingerprint density at radius 2 is 1.02 bits per heavy atom. The molecule has 0 amide bonds. The Bertz CT molecular complexity index is 2000. The number of hydrogen-bond acceptors (Lipinski definition) is 8. The van der Waals surface area contributed by atoms with Gasteiger partial charge in [0.2, 0.25) is 0 Å². The largest absolute Gasteiger partial charge is 0.297 e. The summed E-state index contributed by atoms with van der Waals surface area (Å²) in [4.78, 5) is 23.7. The van der Waals surface area contributed by atoms with Crippen LogP contribution in [0.2, 0.25) is 0 Å². The zero-order valence-electron chi connectivity index (χ0n) is 31.7. The summed E-state index contributed by atoms with van der Waals surface area (Å²) < 4.78 is 15.5. The van der Waals surface area contributed by atoms with Gasteiger partial charge in [0.15, 0.2) is 6.29 Å². The van der Waals surface area contributed by atoms with Gasteiger partial charge in [0, 0.05) is 39.0 Å². The predicted octanol–water partition coefficient (Wildman–Crippen LogP) is 16.7. The van der Waals surface area contributed by atoms with Crippen LogP contribution in [0.1, 0.15) is 125 Å². The first-order valence-electron chi connectivity index (χ1n) is 18.9. The topological polar surface area (TPSA) is 40.9 Å². The number of thiophene rings is 6. The standard InChI is InChI=1S/C21H23NS3.C21H24OS3.CH3F.CH4/c2*1-3-5-7-15-11-12-23-20(15)18-9-10-19(25-18)21-16(8-6-4-2)13-17(14-22)24-21;1-2;/h9-13H,3-8H2,1-2H3;9-14H,3-8H2,1-2H3;1H3;1H4/i;;1D;. The van der Waals surface area contributed by atoms with Crippen molar-refractivity contribution in [1.82, 2.24) is 0 Å². The molecule has 9 heteroatoms. The van der Waals surface area contributed by atoms with Crippen molar-refractivity contribution in [3.8, 4) is 45.1 Å². The Morgan fingerprint density at radius 3 is 1.43 bits per heavy atom. The summed E-state index contributed by atoms with van der Waals surface area (Å²) in [6.07, 6.45) is 15.1. The summed E-state index contributed by atoms with van der Waals surface area (Å²) in [5.74, 6) is 0. The fourth-order valence-electron chi connectivity index (χ4n) is 5.91. The molecular weight excluding hydrogens is 770 g/mol. The summed E-state index contributed by atoms with van der Waals surface area (Å²) in [6.45, 7) is 8.92. The van der Waals surface area contributed by atoms with Gasteiger partial charge in [0.1, 0.15) is 10.9 Å². The minimum Gasteiger partial charge on any atom is -0.297 e. The van der Waals surface area contributed by atoms with Gasteiger partial charge < -0.3 is 0 Å². The SMILES string of the molecule is C.CCCCc1ccsc1-c1ccc(-c2sc(C#N)cc2CCCC)s1.CCCCc1ccsc1-c1ccc(-c2sc(C=O)cc2CCCC)s1.[2H]CF. The zero-order valence-corrected chi connectivity index (χ0v) is 35.6. The lowest BCUT2D eigenvalue weighted by atomic mass is 10.1. The molecular formula is C44H54FNOS6. The molecule has 6 rings (SSSR count). The molecule has 0 saturated carbocycles. The van der Waals surface area contributed by atoms with E-state index in [0.717, 1.165) is 28.9 Å². The Morgan fingerprint density at radius 1 is 0.623 bits per heavy atom. The van der Waals surface area contributed by atoms with Crippen LogP contribution in [0.3, 0.4) is 0 Å². The van der Waals surface area contributed by atoms with Crippen LogP contribution in [0.25, 0.3) is 39.0 Å². The average Bonchev–Trinajstić information content (AvgIpc) is 4.02. The van der Waals surface area contributed by atoms with E-state index in [1.165, 1.54) is 125 Å². The number of aldehydes is 1. The predicted molar refractivity (Wildman–Crippen MR) is 240 cm³/mol. The van der Waals surface area contributed by atoms with Crippen molar-refractivity contribution in [3.63, 3.8) is 0 Å². The van der Waals surface area contributed by atoms with Crippen LogP contribution in [-0.2, 0) is 25.7 Å². The van der Waals surface area contributed by atoms with Gasteiger partial charge in [-0.2, -0.15) is 5.26 Å². The van der Waals surface area contributed by atoms with E-state index in [1.54, 1.807) is 22.7 Å². The molecule has 0 saturated heterocycles. The Kier molecular flexibility index (Phi) is 19.4. The van der Waals surface area contributed by atoms with Crippen LogP contribution in [0.5, 0.6) is 0 Å². The number of aryl methyl sites for hydroxylation is 4. The van der Waals surface area contributed by atoms with Gasteiger partial charge in [-0.15, -0.1) is 68.0 Å². The van der Waals surface area contributed by atoms with Crippen molar-refractivity contribution in [1.29, 1.82) is 5.26 Å². The molecule has 0 radical (unpaired) electrons. The fraction of sp³-hybridized carbons (Fsp3) is 0.409. The second kappa shape index (κ2) is 23.9. The van der Waals surface area contributed by atoms with E-state index in [2.05, 4.69) is 93.1 Å². The minimum atomic E-state index is -1.00. The van der Waals surface area contributed by atoms with E-state index in [1.807, 2.05) is 45.3 Å². The van der Waals surface area contributed by atoms with Crippen LogP contribution >= 0.6 is 68.0 Å². The maximum absolute atomic E-state index is 11.2. The van der Waals surface area contributed by atoms with E-state index in [0.29, 0.717) is 0 Å². The molecule has 0 bridgehead atoms. The lowest BCUT2D eigenvalue weighted by Gasteiger charge is -2.02. The first kappa shape index (κ1) is 43.0. The number of unbranched alkanes of at least 4 members (excludes halogenated alkanes) is 4. The van der Waals surface area contributed by atoms with Crippen LogP contribution in [-0.4, -0.2) is 13.4 Å². The quantitative estimate of drug-likeness (QED) is 0.0860. The molecule has 284 valence electrons. The van der Waals surface area contributed by atoms with E-state index in [-0.39, 0.29) is 7.43 Å². The summed E-state index contributed by atoms with van der Waals surface area (Å²) in [5.41, 5.74) is 5.63. The second-order valence-electron chi connectivity index (χ2n) is 12.5. The molecule has 0 fully saturated rings. The van der Waals surface area contributed by atoms with Crippen LogP contribution in [0.15, 0.2) is 59.3 Å². The monoisotopic (exact) mass is 824 g/mol. The van der Waals surface area contributed by atoms with Crippen LogP contribution < -0.4 is 0 Å². The van der Waals surface area contributed by atoms with Crippen molar-refractivity contribution < 1.29 is 10.6 Å². The normalized spacial score (nSPS) is 10.8. The first-order valence-corrected chi connectivity index (χ1v) is 23.3. The molecule has 0 aliphatic rings. The third kappa shape index (κ3) is 12.1. The zero-order chi connectivity index (χ0) is 38.0. The van der Waals surface area contributed by atoms with Gasteiger partial charge in [-0.25, -0.2) is 0 Å². The average molecular weight is 825 g/mol. The van der Waals surface area contributed by atoms with Crippen molar-refractivity contribution in [2.45, 2.75) is 112 Å². The van der Waals surface area contributed by atoms with Crippen LogP contribution in [0.4, 0.5) is 4.39 Å². The molecule has 0 N–H and O–H groups in total. The van der Waals surface area contributed by atoms with Gasteiger partial charge in [0.05, 0.1) is 13.4 Å². The molecule has 2 nitrogen and oxygen atoms in total. The molecule has 0 aliphatic carbocycles. The van der Waals surface area contributed by atoms with Gasteiger partial charge in [-0.05, 0) is 133 Å². The summed E-state index contributed by atoms with van der Waals surface area (Å²) >= 11 is 10.7. The third-order valence-electron chi connectivity index (χ3n) is 8.66. The second-order valence-corrected chi connectivity index (χ2v) is 18.6. The van der Waals surface area contributed by atoms with Gasteiger partial charge in [-0.3, -0.25) is 9.18 Å². The summed E-state index contributed by atoms with van der Waals surface area (Å²) in [7, 11) is -1.00. The van der Waals surface area contributed by atoms with Gasteiger partial charge >= 0.3 is 0 Å². The molecule has 6 heterocycles. The summed E-state index contributed by atoms with van der Waals surface area (Å²) in [6, 6.07) is 20.0. The lowest BCUT2D eigenvalue weighted by Crippen LogP contribution is -1.83. The highest BCUT2D eigenvalue weighted by molar-refractivity contribution is 7.27. The van der Waals surface area contributed by atoms with Gasteiger partial charge in [0.25, 0.3) is 0 Å². The number of halogens is 1. The highest BCUT2D eigenvalue weighted by Gasteiger charge is 2.17. The number of carbonyl (C=O) groups excluding carboxylic acids is 1. The van der Waals surface area contributed by atoms with Gasteiger partial charge in [-0.1, -0.05) is 60.8 Å². The molecule has 0 aromatic carbocycles. The minimum absolute atomic E-state index is 0. The smallest absolute Gasteiger partial charge is 0.160 e. The highest BCUT2D eigenvalue weighted by Crippen LogP contribution is 2.44. The number of hydrogen-bond donors (Lipinski definition) is 0. The van der Waals surface area contributed by atoms with E-state index in [9.17, 15) is 14.4 Å². The number of nitriles is 1. The lowest BCUT2D eigenvalue weighted by molar-refractivity contribution is 0.112. The molecule has 0 aliphatic heterocycles. The number of alkyl halides is 1. The molecule has 0 atom stereocenters. The molecule has 6 aromatic heterocycles. The van der Waals surface area contributed by atoms with E-state index in [4.69, 9.17) is 1.37 Å². The first-order chi connectivity index (χ1) is 25.9. The van der Waals surface area contributed by atoms with E-state index >= 15 is 0 Å². The Hall–Kier alpha value is -2.71. The van der Waals surface area contributed by atoms with Crippen molar-refractivity contribution in [2.75, 3.05) is 7.15 Å². The molecule has 53 heavy (non-hydrogen) atoms. The summed E-state index contributed by atoms with van der Waals surface area (Å²) in [5, 5.41) is 13.7. The number of carbonyl (C=O) groups is 1. The maximum atomic E-state index is 11.2. The highest BCUT2D eigenvalue weighted by atomic mass is 32.1. The Balaban J connectivity index is 0.000000266. The fourth-order valence-corrected chi connectivity index (χ4v) is 12.5. The Labute approximate surface area is 343 Å². The third-order valence-corrected chi connectivity index (χ3v) is 15.7. The van der Waals surface area contributed by atoms with Crippen molar-refractivity contribution >= 4 is 74.3 Å². The molecule has 0 unspecified atom stereocenters. The number of rotatable bonds is 17.